The lowest BCUT2D eigenvalue weighted by molar-refractivity contribution is -0.140. The van der Waals surface area contributed by atoms with Gasteiger partial charge in [-0.25, -0.2) is 4.79 Å². The molecule has 1 aromatic rings. The Bertz CT molecular complexity index is 458. The first kappa shape index (κ1) is 13.0. The Labute approximate surface area is 97.7 Å². The van der Waals surface area contributed by atoms with Crippen molar-refractivity contribution in [3.63, 3.8) is 0 Å². The average Bonchev–Trinajstić information content (AvgIpc) is 2.25. The topological polar surface area (TPSA) is 99.3 Å². The van der Waals surface area contributed by atoms with Gasteiger partial charge in [-0.2, -0.15) is 0 Å². The largest absolute Gasteiger partial charge is 0.480 e. The highest BCUT2D eigenvalue weighted by atomic mass is 16.4. The lowest BCUT2D eigenvalue weighted by Gasteiger charge is -2.17. The van der Waals surface area contributed by atoms with Crippen LogP contribution in [0.1, 0.15) is 24.2 Å². The quantitative estimate of drug-likeness (QED) is 0.698. The van der Waals surface area contributed by atoms with Gasteiger partial charge in [-0.15, -0.1) is 0 Å². The first-order valence-electron chi connectivity index (χ1n) is 5.14. The molecule has 0 aromatic carbocycles. The predicted octanol–water partition coefficient (Wildman–Crippen LogP) is 0.214. The summed E-state index contributed by atoms with van der Waals surface area (Å²) in [5.41, 5.74) is -0.100. The van der Waals surface area contributed by atoms with E-state index in [9.17, 15) is 14.4 Å². The van der Waals surface area contributed by atoms with Gasteiger partial charge in [0.05, 0.1) is 5.56 Å². The maximum atomic E-state index is 11.7. The van der Waals surface area contributed by atoms with Gasteiger partial charge >= 0.3 is 5.97 Å². The molecule has 1 aromatic heterocycles. The molecule has 6 nitrogen and oxygen atoms in total. The molecule has 0 saturated carbocycles. The summed E-state index contributed by atoms with van der Waals surface area (Å²) in [7, 11) is 0. The number of carbonyl (C=O) groups is 2. The minimum absolute atomic E-state index is 0.219. The van der Waals surface area contributed by atoms with Crippen molar-refractivity contribution in [1.82, 2.24) is 10.3 Å². The van der Waals surface area contributed by atoms with Crippen molar-refractivity contribution in [3.8, 4) is 0 Å². The molecule has 1 heterocycles. The van der Waals surface area contributed by atoms with E-state index in [4.69, 9.17) is 5.11 Å². The van der Waals surface area contributed by atoms with Gasteiger partial charge in [-0.3, -0.25) is 9.59 Å². The number of carboxylic acids is 1. The molecule has 0 saturated heterocycles. The normalized spacial score (nSPS) is 12.2. The SMILES string of the molecule is CC(C)[C@@H](NC(=O)c1ccc(=O)[nH]c1)C(=O)O. The number of H-pyrrole nitrogens is 1. The predicted molar refractivity (Wildman–Crippen MR) is 60.8 cm³/mol. The molecule has 0 fully saturated rings. The number of amides is 1. The fourth-order valence-electron chi connectivity index (χ4n) is 1.29. The third kappa shape index (κ3) is 3.44. The van der Waals surface area contributed by atoms with E-state index in [1.165, 1.54) is 18.3 Å². The van der Waals surface area contributed by atoms with Crippen molar-refractivity contribution in [2.24, 2.45) is 5.92 Å². The molecule has 6 heteroatoms. The summed E-state index contributed by atoms with van der Waals surface area (Å²) in [4.78, 5) is 35.7. The standard InChI is InChI=1S/C11H14N2O4/c1-6(2)9(11(16)17)13-10(15)7-3-4-8(14)12-5-7/h3-6,9H,1-2H3,(H,12,14)(H,13,15)(H,16,17)/t9-/m1/s1. The number of aromatic nitrogens is 1. The van der Waals surface area contributed by atoms with Crippen LogP contribution >= 0.6 is 0 Å². The van der Waals surface area contributed by atoms with Crippen LogP contribution in [-0.2, 0) is 4.79 Å². The molecular formula is C11H14N2O4. The number of pyridine rings is 1. The van der Waals surface area contributed by atoms with Crippen LogP contribution < -0.4 is 10.9 Å². The van der Waals surface area contributed by atoms with E-state index in [-0.39, 0.29) is 17.0 Å². The molecule has 3 N–H and O–H groups in total. The molecule has 17 heavy (non-hydrogen) atoms. The number of nitrogens with one attached hydrogen (secondary N) is 2. The Morgan fingerprint density at radius 2 is 2.00 bits per heavy atom. The molecule has 0 spiro atoms. The van der Waals surface area contributed by atoms with E-state index in [2.05, 4.69) is 10.3 Å². The summed E-state index contributed by atoms with van der Waals surface area (Å²) >= 11 is 0. The van der Waals surface area contributed by atoms with E-state index in [0.29, 0.717) is 0 Å². The van der Waals surface area contributed by atoms with Crippen molar-refractivity contribution in [2.75, 3.05) is 0 Å². The number of carbonyl (C=O) groups excluding carboxylic acids is 1. The Hall–Kier alpha value is -2.11. The van der Waals surface area contributed by atoms with Crippen LogP contribution in [0.4, 0.5) is 0 Å². The number of hydrogen-bond donors (Lipinski definition) is 3. The van der Waals surface area contributed by atoms with Crippen LogP contribution in [0.3, 0.4) is 0 Å². The van der Waals surface area contributed by atoms with Gasteiger partial charge in [0.25, 0.3) is 5.91 Å². The van der Waals surface area contributed by atoms with Crippen molar-refractivity contribution >= 4 is 11.9 Å². The van der Waals surface area contributed by atoms with Crippen LogP contribution in [-0.4, -0.2) is 28.0 Å². The molecule has 1 amide bonds. The highest BCUT2D eigenvalue weighted by Gasteiger charge is 2.23. The maximum Gasteiger partial charge on any atom is 0.326 e. The van der Waals surface area contributed by atoms with Crippen molar-refractivity contribution in [3.05, 3.63) is 34.2 Å². The highest BCUT2D eigenvalue weighted by molar-refractivity contribution is 5.96. The zero-order chi connectivity index (χ0) is 13.0. The first-order chi connectivity index (χ1) is 7.91. The second-order valence-corrected chi connectivity index (χ2v) is 3.97. The molecule has 0 bridgehead atoms. The lowest BCUT2D eigenvalue weighted by atomic mass is 10.0. The molecule has 0 unspecified atom stereocenters. The zero-order valence-electron chi connectivity index (χ0n) is 9.56. The maximum absolute atomic E-state index is 11.7. The Morgan fingerprint density at radius 1 is 1.35 bits per heavy atom. The van der Waals surface area contributed by atoms with Crippen molar-refractivity contribution in [2.45, 2.75) is 19.9 Å². The van der Waals surface area contributed by atoms with Gasteiger partial charge in [-0.05, 0) is 12.0 Å². The van der Waals surface area contributed by atoms with E-state index < -0.39 is 17.9 Å². The van der Waals surface area contributed by atoms with E-state index in [1.807, 2.05) is 0 Å². The van der Waals surface area contributed by atoms with Crippen molar-refractivity contribution in [1.29, 1.82) is 0 Å². The number of aliphatic carboxylic acids is 1. The number of rotatable bonds is 4. The van der Waals surface area contributed by atoms with Crippen LogP contribution in [0.2, 0.25) is 0 Å². The van der Waals surface area contributed by atoms with E-state index in [0.717, 1.165) is 0 Å². The van der Waals surface area contributed by atoms with E-state index >= 15 is 0 Å². The Balaban J connectivity index is 2.81. The molecule has 1 rings (SSSR count). The second kappa shape index (κ2) is 5.29. The molecule has 1 atom stereocenters. The summed E-state index contributed by atoms with van der Waals surface area (Å²) in [6.45, 7) is 3.40. The average molecular weight is 238 g/mol. The molecule has 0 aliphatic rings. The van der Waals surface area contributed by atoms with Crippen LogP contribution in [0.25, 0.3) is 0 Å². The summed E-state index contributed by atoms with van der Waals surface area (Å²) in [6.07, 6.45) is 1.25. The van der Waals surface area contributed by atoms with E-state index in [1.54, 1.807) is 13.8 Å². The Kier molecular flexibility index (Phi) is 4.03. The molecule has 0 aliphatic heterocycles. The van der Waals surface area contributed by atoms with Gasteiger partial charge in [-0.1, -0.05) is 13.8 Å². The minimum Gasteiger partial charge on any atom is -0.480 e. The lowest BCUT2D eigenvalue weighted by Crippen LogP contribution is -2.44. The smallest absolute Gasteiger partial charge is 0.326 e. The number of hydrogen-bond acceptors (Lipinski definition) is 3. The number of aromatic amines is 1. The molecule has 92 valence electrons. The van der Waals surface area contributed by atoms with Crippen molar-refractivity contribution < 1.29 is 14.7 Å². The van der Waals surface area contributed by atoms with Crippen LogP contribution in [0.15, 0.2) is 23.1 Å². The van der Waals surface area contributed by atoms with Crippen LogP contribution in [0, 0.1) is 5.92 Å². The molecule has 0 aliphatic carbocycles. The first-order valence-corrected chi connectivity index (χ1v) is 5.14. The fourth-order valence-corrected chi connectivity index (χ4v) is 1.29. The summed E-state index contributed by atoms with van der Waals surface area (Å²) in [5, 5.41) is 11.3. The third-order valence-electron chi connectivity index (χ3n) is 2.27. The molecular weight excluding hydrogens is 224 g/mol. The molecule has 0 radical (unpaired) electrons. The second-order valence-electron chi connectivity index (χ2n) is 3.97. The summed E-state index contributed by atoms with van der Waals surface area (Å²) in [6, 6.07) is 1.60. The monoisotopic (exact) mass is 238 g/mol. The van der Waals surface area contributed by atoms with Gasteiger partial charge in [0.2, 0.25) is 5.56 Å². The third-order valence-corrected chi connectivity index (χ3v) is 2.27. The van der Waals surface area contributed by atoms with Gasteiger partial charge in [0.15, 0.2) is 0 Å². The fraction of sp³-hybridized carbons (Fsp3) is 0.364. The van der Waals surface area contributed by atoms with Gasteiger partial charge in [0, 0.05) is 12.3 Å². The van der Waals surface area contributed by atoms with Gasteiger partial charge in [0.1, 0.15) is 6.04 Å². The number of carboxylic acid groups (broad SMARTS) is 1. The summed E-state index contributed by atoms with van der Waals surface area (Å²) in [5.74, 6) is -1.83. The van der Waals surface area contributed by atoms with Crippen LogP contribution in [0.5, 0.6) is 0 Å². The zero-order valence-corrected chi connectivity index (χ0v) is 9.56. The highest BCUT2D eigenvalue weighted by Crippen LogP contribution is 2.03. The minimum atomic E-state index is -1.09. The van der Waals surface area contributed by atoms with Gasteiger partial charge < -0.3 is 15.4 Å². The summed E-state index contributed by atoms with van der Waals surface area (Å²) < 4.78 is 0. The Morgan fingerprint density at radius 3 is 2.41 bits per heavy atom.